The van der Waals surface area contributed by atoms with Gasteiger partial charge in [-0.05, 0) is 23.6 Å². The van der Waals surface area contributed by atoms with Crippen LogP contribution in [0.2, 0.25) is 0 Å². The van der Waals surface area contributed by atoms with Gasteiger partial charge in [0.25, 0.3) is 0 Å². The summed E-state index contributed by atoms with van der Waals surface area (Å²) in [4.78, 5) is 11.0. The van der Waals surface area contributed by atoms with Crippen molar-refractivity contribution in [1.82, 2.24) is 0 Å². The minimum atomic E-state index is -1.05. The first-order valence-electron chi connectivity index (χ1n) is 5.39. The molecule has 84 valence electrons. The fraction of sp³-hybridized carbons (Fsp3) is 0.417. The van der Waals surface area contributed by atoms with Gasteiger partial charge >= 0.3 is 5.97 Å². The fourth-order valence-corrected chi connectivity index (χ4v) is 2.35. The van der Waals surface area contributed by atoms with Crippen molar-refractivity contribution in [2.24, 2.45) is 5.73 Å². The molecule has 1 saturated carbocycles. The molecule has 0 spiro atoms. The van der Waals surface area contributed by atoms with Crippen molar-refractivity contribution in [2.45, 2.75) is 24.3 Å². The Balaban J connectivity index is 1.90. The number of fused-ring (bicyclic) bond motifs is 1. The molecule has 2 atom stereocenters. The number of aliphatic carboxylic acids is 1. The number of rotatable bonds is 2. The van der Waals surface area contributed by atoms with Crippen molar-refractivity contribution in [3.05, 3.63) is 29.3 Å². The molecular weight excluding hydrogens is 206 g/mol. The lowest BCUT2D eigenvalue weighted by Gasteiger charge is -2.06. The van der Waals surface area contributed by atoms with E-state index in [1.807, 2.05) is 18.2 Å². The van der Waals surface area contributed by atoms with E-state index in [0.717, 1.165) is 29.9 Å². The Bertz CT molecular complexity index is 471. The first kappa shape index (κ1) is 9.66. The first-order chi connectivity index (χ1) is 7.61. The van der Waals surface area contributed by atoms with Crippen molar-refractivity contribution in [3.63, 3.8) is 0 Å². The number of carbonyl (C=O) groups is 1. The summed E-state index contributed by atoms with van der Waals surface area (Å²) >= 11 is 0. The quantitative estimate of drug-likeness (QED) is 0.774. The van der Waals surface area contributed by atoms with E-state index in [1.165, 1.54) is 0 Å². The summed E-state index contributed by atoms with van der Waals surface area (Å²) in [6.07, 6.45) is 1.43. The Hall–Kier alpha value is -1.55. The Kier molecular flexibility index (Phi) is 1.80. The molecule has 4 nitrogen and oxygen atoms in total. The van der Waals surface area contributed by atoms with Crippen LogP contribution in [0.25, 0.3) is 0 Å². The molecule has 16 heavy (non-hydrogen) atoms. The van der Waals surface area contributed by atoms with E-state index in [0.29, 0.717) is 6.42 Å². The number of nitrogens with two attached hydrogens (primary N) is 1. The summed E-state index contributed by atoms with van der Waals surface area (Å²) in [6.45, 7) is 0.718. The number of carboxylic acids is 1. The zero-order chi connectivity index (χ0) is 11.3. The number of hydrogen-bond acceptors (Lipinski definition) is 3. The minimum Gasteiger partial charge on any atom is -0.493 e. The molecule has 3 N–H and O–H groups in total. The van der Waals surface area contributed by atoms with Crippen LogP contribution in [0.4, 0.5) is 0 Å². The maximum absolute atomic E-state index is 11.0. The van der Waals surface area contributed by atoms with Crippen molar-refractivity contribution in [2.75, 3.05) is 6.61 Å². The van der Waals surface area contributed by atoms with Gasteiger partial charge in [0.2, 0.25) is 0 Å². The number of benzene rings is 1. The second-order valence-electron chi connectivity index (χ2n) is 4.57. The normalized spacial score (nSPS) is 30.7. The van der Waals surface area contributed by atoms with Gasteiger partial charge in [-0.1, -0.05) is 12.1 Å². The van der Waals surface area contributed by atoms with Crippen LogP contribution in [-0.2, 0) is 11.2 Å². The zero-order valence-corrected chi connectivity index (χ0v) is 8.77. The number of hydrogen-bond donors (Lipinski definition) is 2. The second kappa shape index (κ2) is 2.98. The average Bonchev–Trinajstić information content (AvgIpc) is 2.75. The largest absolute Gasteiger partial charge is 0.493 e. The highest BCUT2D eigenvalue weighted by Gasteiger charge is 2.58. The van der Waals surface area contributed by atoms with Crippen LogP contribution < -0.4 is 10.5 Å². The monoisotopic (exact) mass is 219 g/mol. The van der Waals surface area contributed by atoms with E-state index < -0.39 is 11.5 Å². The van der Waals surface area contributed by atoms with Crippen LogP contribution in [0.3, 0.4) is 0 Å². The molecule has 2 unspecified atom stereocenters. The van der Waals surface area contributed by atoms with Gasteiger partial charge in [-0.25, -0.2) is 0 Å². The van der Waals surface area contributed by atoms with Gasteiger partial charge in [-0.2, -0.15) is 0 Å². The summed E-state index contributed by atoms with van der Waals surface area (Å²) in [5.41, 5.74) is 6.92. The molecular formula is C12H13NO3. The van der Waals surface area contributed by atoms with Crippen molar-refractivity contribution in [3.8, 4) is 5.75 Å². The van der Waals surface area contributed by atoms with Gasteiger partial charge in [0.15, 0.2) is 0 Å². The summed E-state index contributed by atoms with van der Waals surface area (Å²) < 4.78 is 5.41. The van der Waals surface area contributed by atoms with Crippen LogP contribution in [0.5, 0.6) is 5.75 Å². The highest BCUT2D eigenvalue weighted by Crippen LogP contribution is 2.50. The third kappa shape index (κ3) is 1.23. The Morgan fingerprint density at radius 2 is 2.38 bits per heavy atom. The summed E-state index contributed by atoms with van der Waals surface area (Å²) in [5.74, 6) is -0.0347. The Morgan fingerprint density at radius 1 is 1.56 bits per heavy atom. The molecule has 2 aliphatic rings. The third-order valence-corrected chi connectivity index (χ3v) is 3.52. The van der Waals surface area contributed by atoms with Crippen LogP contribution in [0.1, 0.15) is 23.5 Å². The highest BCUT2D eigenvalue weighted by atomic mass is 16.5. The predicted molar refractivity (Wildman–Crippen MR) is 57.6 cm³/mol. The van der Waals surface area contributed by atoms with Crippen LogP contribution in [0.15, 0.2) is 18.2 Å². The van der Waals surface area contributed by atoms with E-state index in [2.05, 4.69) is 0 Å². The Morgan fingerprint density at radius 3 is 3.06 bits per heavy atom. The molecule has 4 heteroatoms. The van der Waals surface area contributed by atoms with Crippen LogP contribution in [0, 0.1) is 0 Å². The van der Waals surface area contributed by atoms with E-state index in [4.69, 9.17) is 15.6 Å². The van der Waals surface area contributed by atoms with E-state index >= 15 is 0 Å². The maximum Gasteiger partial charge on any atom is 0.324 e. The number of ether oxygens (including phenoxy) is 1. The third-order valence-electron chi connectivity index (χ3n) is 3.52. The second-order valence-corrected chi connectivity index (χ2v) is 4.57. The lowest BCUT2D eigenvalue weighted by atomic mass is 10.0. The molecule has 1 heterocycles. The van der Waals surface area contributed by atoms with Gasteiger partial charge in [0.1, 0.15) is 11.3 Å². The first-order valence-corrected chi connectivity index (χ1v) is 5.39. The smallest absolute Gasteiger partial charge is 0.324 e. The van der Waals surface area contributed by atoms with Gasteiger partial charge in [0.05, 0.1) is 6.61 Å². The van der Waals surface area contributed by atoms with E-state index in [9.17, 15) is 4.79 Å². The lowest BCUT2D eigenvalue weighted by molar-refractivity contribution is -0.139. The van der Waals surface area contributed by atoms with Crippen LogP contribution in [-0.4, -0.2) is 23.2 Å². The highest BCUT2D eigenvalue weighted by molar-refractivity contribution is 5.85. The van der Waals surface area contributed by atoms with Gasteiger partial charge < -0.3 is 15.6 Å². The topological polar surface area (TPSA) is 72.6 Å². The van der Waals surface area contributed by atoms with Gasteiger partial charge in [-0.15, -0.1) is 0 Å². The van der Waals surface area contributed by atoms with Gasteiger partial charge in [-0.3, -0.25) is 4.79 Å². The molecule has 1 aromatic carbocycles. The molecule has 0 bridgehead atoms. The molecule has 0 radical (unpaired) electrons. The SMILES string of the molecule is NC1(C(=O)O)CC1c1ccc2c(c1)CCO2. The van der Waals surface area contributed by atoms with E-state index in [-0.39, 0.29) is 5.92 Å². The Labute approximate surface area is 93.0 Å². The minimum absolute atomic E-state index is 0.0455. The fourth-order valence-electron chi connectivity index (χ4n) is 2.35. The van der Waals surface area contributed by atoms with Gasteiger partial charge in [0, 0.05) is 12.3 Å². The maximum atomic E-state index is 11.0. The van der Waals surface area contributed by atoms with E-state index in [1.54, 1.807) is 0 Å². The molecule has 0 amide bonds. The molecule has 1 aliphatic carbocycles. The molecule has 1 aromatic rings. The predicted octanol–water partition coefficient (Wildman–Crippen LogP) is 0.891. The van der Waals surface area contributed by atoms with Crippen LogP contribution >= 0.6 is 0 Å². The average molecular weight is 219 g/mol. The molecule has 0 saturated heterocycles. The number of carboxylic acid groups (broad SMARTS) is 1. The molecule has 3 rings (SSSR count). The summed E-state index contributed by atoms with van der Waals surface area (Å²) in [7, 11) is 0. The molecule has 1 fully saturated rings. The van der Waals surface area contributed by atoms with Crippen molar-refractivity contribution < 1.29 is 14.6 Å². The van der Waals surface area contributed by atoms with Crippen molar-refractivity contribution >= 4 is 5.97 Å². The van der Waals surface area contributed by atoms with Crippen molar-refractivity contribution in [1.29, 1.82) is 0 Å². The molecule has 0 aromatic heterocycles. The standard InChI is InChI=1S/C12H13NO3/c13-12(11(14)15)6-9(12)7-1-2-10-8(5-7)3-4-16-10/h1-2,5,9H,3-4,6,13H2,(H,14,15). The summed E-state index contributed by atoms with van der Waals surface area (Å²) in [6, 6.07) is 5.87. The summed E-state index contributed by atoms with van der Waals surface area (Å²) in [5, 5.41) is 8.99. The zero-order valence-electron chi connectivity index (χ0n) is 8.77. The lowest BCUT2D eigenvalue weighted by Crippen LogP contribution is -2.34. The molecule has 1 aliphatic heterocycles.